The van der Waals surface area contributed by atoms with Crippen molar-refractivity contribution in [2.45, 2.75) is 0 Å². The van der Waals surface area contributed by atoms with Crippen molar-refractivity contribution in [2.75, 3.05) is 12.3 Å². The number of aliphatic imine (C=N–C) groups is 1. The molecule has 1 aromatic carbocycles. The summed E-state index contributed by atoms with van der Waals surface area (Å²) in [4.78, 5) is 9.04. The minimum absolute atomic E-state index is 0.925. The van der Waals surface area contributed by atoms with Gasteiger partial charge in [-0.15, -0.1) is 11.8 Å². The Morgan fingerprint density at radius 2 is 2.00 bits per heavy atom. The van der Waals surface area contributed by atoms with Crippen LogP contribution >= 0.6 is 11.8 Å². The van der Waals surface area contributed by atoms with Crippen molar-refractivity contribution in [1.29, 1.82) is 0 Å². The van der Waals surface area contributed by atoms with Crippen LogP contribution in [0, 0.1) is 0 Å². The van der Waals surface area contributed by atoms with Gasteiger partial charge >= 0.3 is 0 Å². The Hall–Kier alpha value is -1.35. The molecule has 15 heavy (non-hydrogen) atoms. The van der Waals surface area contributed by atoms with Gasteiger partial charge in [0.25, 0.3) is 0 Å². The summed E-state index contributed by atoms with van der Waals surface area (Å²) < 4.78 is 0. The number of nitrogens with zero attached hydrogens (tertiary/aromatic N) is 2. The first-order valence-electron chi connectivity index (χ1n) is 4.97. The van der Waals surface area contributed by atoms with Gasteiger partial charge in [-0.2, -0.15) is 0 Å². The molecule has 0 saturated heterocycles. The molecule has 0 N–H and O–H groups in total. The van der Waals surface area contributed by atoms with Gasteiger partial charge in [0.15, 0.2) is 0 Å². The van der Waals surface area contributed by atoms with Crippen molar-refractivity contribution in [3.63, 3.8) is 0 Å². The maximum atomic E-state index is 4.61. The van der Waals surface area contributed by atoms with E-state index in [1.54, 1.807) is 11.8 Å². The quantitative estimate of drug-likeness (QED) is 0.729. The van der Waals surface area contributed by atoms with E-state index in [2.05, 4.69) is 28.2 Å². The standard InChI is InChI=1S/C12H10N2S/c1-2-4-10-9(3-1)5-6-11(14-10)12-13-7-8-15-12/h1-6H,7-8H2. The van der Waals surface area contributed by atoms with Crippen LogP contribution in [0.25, 0.3) is 10.9 Å². The van der Waals surface area contributed by atoms with Gasteiger partial charge in [-0.05, 0) is 12.1 Å². The van der Waals surface area contributed by atoms with E-state index in [-0.39, 0.29) is 0 Å². The first-order valence-corrected chi connectivity index (χ1v) is 5.95. The molecule has 2 nitrogen and oxygen atoms in total. The van der Waals surface area contributed by atoms with E-state index >= 15 is 0 Å². The topological polar surface area (TPSA) is 25.2 Å². The van der Waals surface area contributed by atoms with Crippen molar-refractivity contribution < 1.29 is 0 Å². The highest BCUT2D eigenvalue weighted by Gasteiger charge is 2.10. The van der Waals surface area contributed by atoms with Crippen molar-refractivity contribution in [2.24, 2.45) is 4.99 Å². The highest BCUT2D eigenvalue weighted by molar-refractivity contribution is 8.14. The zero-order valence-electron chi connectivity index (χ0n) is 8.18. The SMILES string of the molecule is c1ccc2nc(C3=NCCS3)ccc2c1. The van der Waals surface area contributed by atoms with Gasteiger partial charge in [-0.1, -0.05) is 24.3 Å². The van der Waals surface area contributed by atoms with Crippen molar-refractivity contribution in [3.05, 3.63) is 42.1 Å². The summed E-state index contributed by atoms with van der Waals surface area (Å²) in [7, 11) is 0. The first-order chi connectivity index (χ1) is 7.43. The van der Waals surface area contributed by atoms with Crippen LogP contribution in [0.4, 0.5) is 0 Å². The lowest BCUT2D eigenvalue weighted by Crippen LogP contribution is -1.96. The van der Waals surface area contributed by atoms with Gasteiger partial charge in [-0.3, -0.25) is 4.99 Å². The number of fused-ring (bicyclic) bond motifs is 1. The summed E-state index contributed by atoms with van der Waals surface area (Å²) >= 11 is 1.79. The number of rotatable bonds is 1. The van der Waals surface area contributed by atoms with Gasteiger partial charge in [-0.25, -0.2) is 4.98 Å². The molecule has 3 rings (SSSR count). The van der Waals surface area contributed by atoms with Crippen LogP contribution in [-0.2, 0) is 0 Å². The van der Waals surface area contributed by atoms with Crippen LogP contribution in [0.1, 0.15) is 5.69 Å². The van der Waals surface area contributed by atoms with Crippen molar-refractivity contribution in [3.8, 4) is 0 Å². The Bertz CT molecular complexity index is 534. The molecule has 3 heteroatoms. The molecular formula is C12H10N2S. The number of para-hydroxylation sites is 1. The van der Waals surface area contributed by atoms with Crippen LogP contribution in [0.5, 0.6) is 0 Å². The summed E-state index contributed by atoms with van der Waals surface area (Å²) in [6.07, 6.45) is 0. The number of hydrogen-bond donors (Lipinski definition) is 0. The molecule has 0 unspecified atom stereocenters. The molecule has 2 heterocycles. The third kappa shape index (κ3) is 1.63. The molecule has 1 aromatic heterocycles. The lowest BCUT2D eigenvalue weighted by atomic mass is 10.2. The monoisotopic (exact) mass is 214 g/mol. The number of aromatic nitrogens is 1. The summed E-state index contributed by atoms with van der Waals surface area (Å²) in [5.74, 6) is 1.09. The van der Waals surface area contributed by atoms with E-state index in [4.69, 9.17) is 0 Å². The zero-order valence-corrected chi connectivity index (χ0v) is 9.00. The highest BCUT2D eigenvalue weighted by atomic mass is 32.2. The summed E-state index contributed by atoms with van der Waals surface area (Å²) in [5.41, 5.74) is 2.06. The molecule has 0 atom stereocenters. The van der Waals surface area contributed by atoms with E-state index in [1.165, 1.54) is 5.39 Å². The van der Waals surface area contributed by atoms with E-state index in [1.807, 2.05) is 18.2 Å². The van der Waals surface area contributed by atoms with Crippen LogP contribution in [0.3, 0.4) is 0 Å². The van der Waals surface area contributed by atoms with Gasteiger partial charge in [0.05, 0.1) is 11.2 Å². The number of pyridine rings is 1. The molecule has 0 fully saturated rings. The third-order valence-corrected chi connectivity index (χ3v) is 3.40. The van der Waals surface area contributed by atoms with Gasteiger partial charge < -0.3 is 0 Å². The Morgan fingerprint density at radius 3 is 2.87 bits per heavy atom. The highest BCUT2D eigenvalue weighted by Crippen LogP contribution is 2.20. The van der Waals surface area contributed by atoms with Crippen LogP contribution < -0.4 is 0 Å². The summed E-state index contributed by atoms with van der Waals surface area (Å²) in [6.45, 7) is 0.925. The molecule has 2 aromatic rings. The average molecular weight is 214 g/mol. The predicted octanol–water partition coefficient (Wildman–Crippen LogP) is 2.73. The van der Waals surface area contributed by atoms with Crippen molar-refractivity contribution in [1.82, 2.24) is 4.98 Å². The fraction of sp³-hybridized carbons (Fsp3) is 0.167. The average Bonchev–Trinajstić information content (AvgIpc) is 2.82. The second kappa shape index (κ2) is 3.66. The lowest BCUT2D eigenvalue weighted by Gasteiger charge is -2.01. The molecule has 0 saturated carbocycles. The van der Waals surface area contributed by atoms with E-state index in [0.29, 0.717) is 0 Å². The van der Waals surface area contributed by atoms with E-state index in [0.717, 1.165) is 28.6 Å². The molecule has 1 aliphatic heterocycles. The number of thioether (sulfide) groups is 1. The molecule has 0 aliphatic carbocycles. The molecule has 1 aliphatic rings. The fourth-order valence-corrected chi connectivity index (χ4v) is 2.50. The van der Waals surface area contributed by atoms with E-state index in [9.17, 15) is 0 Å². The third-order valence-electron chi connectivity index (χ3n) is 2.40. The molecular weight excluding hydrogens is 204 g/mol. The second-order valence-corrected chi connectivity index (χ2v) is 4.51. The second-order valence-electron chi connectivity index (χ2n) is 3.42. The van der Waals surface area contributed by atoms with Gasteiger partial charge in [0.1, 0.15) is 5.04 Å². The van der Waals surface area contributed by atoms with E-state index < -0.39 is 0 Å². The van der Waals surface area contributed by atoms with Crippen LogP contribution in [0.15, 0.2) is 41.4 Å². The molecule has 0 amide bonds. The van der Waals surface area contributed by atoms with Crippen molar-refractivity contribution >= 4 is 27.7 Å². The predicted molar refractivity (Wildman–Crippen MR) is 65.6 cm³/mol. The summed E-state index contributed by atoms with van der Waals surface area (Å²) in [5, 5.41) is 2.27. The normalized spacial score (nSPS) is 15.6. The first kappa shape index (κ1) is 8.92. The molecule has 74 valence electrons. The maximum absolute atomic E-state index is 4.61. The minimum atomic E-state index is 0.925. The maximum Gasteiger partial charge on any atom is 0.116 e. The smallest absolute Gasteiger partial charge is 0.116 e. The van der Waals surface area contributed by atoms with Gasteiger partial charge in [0, 0.05) is 17.7 Å². The Morgan fingerprint density at radius 1 is 1.07 bits per heavy atom. The van der Waals surface area contributed by atoms with Crippen LogP contribution in [0.2, 0.25) is 0 Å². The van der Waals surface area contributed by atoms with Gasteiger partial charge in [0.2, 0.25) is 0 Å². The lowest BCUT2D eigenvalue weighted by molar-refractivity contribution is 1.17. The zero-order chi connectivity index (χ0) is 10.1. The Labute approximate surface area is 92.4 Å². The largest absolute Gasteiger partial charge is 0.275 e. The number of benzene rings is 1. The fourth-order valence-electron chi connectivity index (χ4n) is 1.68. The Balaban J connectivity index is 2.13. The van der Waals surface area contributed by atoms with Crippen LogP contribution in [-0.4, -0.2) is 22.3 Å². The molecule has 0 radical (unpaired) electrons. The molecule has 0 bridgehead atoms. The molecule has 0 spiro atoms. The number of hydrogen-bond acceptors (Lipinski definition) is 3. The summed E-state index contributed by atoms with van der Waals surface area (Å²) in [6, 6.07) is 12.3. The Kier molecular flexibility index (Phi) is 2.18. The minimum Gasteiger partial charge on any atom is -0.275 e.